The molecule has 1 saturated heterocycles. The van der Waals surface area contributed by atoms with Gasteiger partial charge in [-0.3, -0.25) is 4.84 Å². The highest BCUT2D eigenvalue weighted by Crippen LogP contribution is 2.49. The minimum absolute atomic E-state index is 0.320. The van der Waals surface area contributed by atoms with Crippen LogP contribution in [0.2, 0.25) is 0 Å². The first-order chi connectivity index (χ1) is 10.8. The number of rotatable bonds is 1. The first-order valence-electron chi connectivity index (χ1n) is 7.82. The van der Waals surface area contributed by atoms with E-state index in [0.29, 0.717) is 12.1 Å². The van der Waals surface area contributed by atoms with Gasteiger partial charge < -0.3 is 0 Å². The number of hydrogen-bond donors (Lipinski definition) is 0. The van der Waals surface area contributed by atoms with Gasteiger partial charge in [0.05, 0.1) is 17.8 Å². The molecule has 3 heteroatoms. The first-order valence-corrected chi connectivity index (χ1v) is 8.70. The van der Waals surface area contributed by atoms with Gasteiger partial charge in [-0.1, -0.05) is 36.4 Å². The molecule has 0 N–H and O–H groups in total. The molecule has 2 nitrogen and oxygen atoms in total. The normalized spacial score (nSPS) is 23.0. The van der Waals surface area contributed by atoms with Crippen LogP contribution in [0, 0.1) is 6.92 Å². The minimum Gasteiger partial charge on any atom is -0.269 e. The number of aryl methyl sites for hydroxylation is 1. The van der Waals surface area contributed by atoms with Gasteiger partial charge in [0, 0.05) is 23.1 Å². The topological polar surface area (TPSA) is 12.5 Å². The van der Waals surface area contributed by atoms with Crippen molar-refractivity contribution >= 4 is 27.8 Å². The average Bonchev–Trinajstić information content (AvgIpc) is 3.10. The summed E-state index contributed by atoms with van der Waals surface area (Å²) in [5.74, 6) is 0. The van der Waals surface area contributed by atoms with Gasteiger partial charge in [-0.2, -0.15) is 0 Å². The van der Waals surface area contributed by atoms with Gasteiger partial charge in [-0.25, -0.2) is 5.06 Å². The maximum atomic E-state index is 6.26. The lowest BCUT2D eigenvalue weighted by Gasteiger charge is -2.31. The van der Waals surface area contributed by atoms with E-state index in [9.17, 15) is 0 Å². The zero-order valence-electron chi connectivity index (χ0n) is 12.5. The summed E-state index contributed by atoms with van der Waals surface area (Å²) >= 11 is 1.85. The second-order valence-electron chi connectivity index (χ2n) is 6.27. The Balaban J connectivity index is 1.73. The number of anilines is 1. The summed E-state index contributed by atoms with van der Waals surface area (Å²) in [6.45, 7) is 2.21. The van der Waals surface area contributed by atoms with E-state index in [4.69, 9.17) is 4.84 Å². The average molecular weight is 307 g/mol. The first kappa shape index (κ1) is 12.7. The number of hydroxylamine groups is 1. The second kappa shape index (κ2) is 4.58. The van der Waals surface area contributed by atoms with Crippen LogP contribution in [-0.2, 0) is 11.3 Å². The van der Waals surface area contributed by atoms with E-state index in [1.165, 1.54) is 32.5 Å². The predicted octanol–water partition coefficient (Wildman–Crippen LogP) is 5.02. The molecule has 0 radical (unpaired) electrons. The molecular formula is C19H17NOS. The molecule has 5 rings (SSSR count). The van der Waals surface area contributed by atoms with Crippen molar-refractivity contribution in [2.45, 2.75) is 31.9 Å². The molecule has 2 aliphatic heterocycles. The van der Waals surface area contributed by atoms with Crippen LogP contribution in [0.15, 0.2) is 47.8 Å². The summed E-state index contributed by atoms with van der Waals surface area (Å²) < 4.78 is 0. The lowest BCUT2D eigenvalue weighted by molar-refractivity contribution is 0.0742. The minimum atomic E-state index is 0.320. The highest BCUT2D eigenvalue weighted by Gasteiger charge is 2.41. The van der Waals surface area contributed by atoms with Crippen LogP contribution in [0.1, 0.15) is 28.5 Å². The zero-order chi connectivity index (χ0) is 14.7. The van der Waals surface area contributed by atoms with Crippen LogP contribution in [0.4, 0.5) is 5.69 Å². The van der Waals surface area contributed by atoms with Crippen LogP contribution in [0.5, 0.6) is 0 Å². The number of fused-ring (bicyclic) bond motifs is 6. The van der Waals surface area contributed by atoms with E-state index >= 15 is 0 Å². The molecule has 3 heterocycles. The smallest absolute Gasteiger partial charge is 0.0936 e. The third-order valence-corrected chi connectivity index (χ3v) is 6.01. The molecule has 2 atom stereocenters. The van der Waals surface area contributed by atoms with Gasteiger partial charge >= 0.3 is 0 Å². The Bertz CT molecular complexity index is 869. The van der Waals surface area contributed by atoms with Crippen molar-refractivity contribution in [3.8, 4) is 0 Å². The zero-order valence-corrected chi connectivity index (χ0v) is 13.3. The molecule has 110 valence electrons. The lowest BCUT2D eigenvalue weighted by atomic mass is 9.99. The second-order valence-corrected chi connectivity index (χ2v) is 7.22. The fraction of sp³-hybridized carbons (Fsp3) is 0.263. The molecular weight excluding hydrogens is 290 g/mol. The molecule has 2 aliphatic rings. The van der Waals surface area contributed by atoms with E-state index in [-0.39, 0.29) is 0 Å². The Hall–Kier alpha value is -1.84. The SMILES string of the molecule is Cc1ccsc1[C@@H]1C[C@@H]2Cc3ccc4ccccc4c3N1O2. The number of hydrogen-bond acceptors (Lipinski definition) is 3. The summed E-state index contributed by atoms with van der Waals surface area (Å²) in [7, 11) is 0. The largest absolute Gasteiger partial charge is 0.269 e. The van der Waals surface area contributed by atoms with Crippen LogP contribution in [0.3, 0.4) is 0 Å². The van der Waals surface area contributed by atoms with Gasteiger partial charge in [0.1, 0.15) is 0 Å². The molecule has 0 unspecified atom stereocenters. The molecule has 3 aromatic rings. The third kappa shape index (κ3) is 1.70. The Morgan fingerprint density at radius 1 is 1.14 bits per heavy atom. The predicted molar refractivity (Wildman–Crippen MR) is 91.4 cm³/mol. The standard InChI is InChI=1S/C19H17NOS/c1-12-8-9-22-19(12)17-11-15-10-14-7-6-13-4-2-3-5-16(13)18(14)20(17)21-15/h2-9,15,17H,10-11H2,1H3/t15-,17-/m0/s1. The summed E-state index contributed by atoms with van der Waals surface area (Å²) in [5.41, 5.74) is 4.09. The fourth-order valence-electron chi connectivity index (χ4n) is 3.86. The van der Waals surface area contributed by atoms with E-state index < -0.39 is 0 Å². The van der Waals surface area contributed by atoms with E-state index in [1.54, 1.807) is 0 Å². The van der Waals surface area contributed by atoms with E-state index in [2.05, 4.69) is 59.8 Å². The van der Waals surface area contributed by atoms with Crippen molar-refractivity contribution in [2.24, 2.45) is 0 Å². The van der Waals surface area contributed by atoms with Crippen molar-refractivity contribution in [1.82, 2.24) is 0 Å². The monoisotopic (exact) mass is 307 g/mol. The van der Waals surface area contributed by atoms with Gasteiger partial charge in [-0.15, -0.1) is 11.3 Å². The highest BCUT2D eigenvalue weighted by atomic mass is 32.1. The van der Waals surface area contributed by atoms with Gasteiger partial charge in [-0.05, 0) is 34.9 Å². The summed E-state index contributed by atoms with van der Waals surface area (Å²) in [4.78, 5) is 7.71. The van der Waals surface area contributed by atoms with Gasteiger partial charge in [0.25, 0.3) is 0 Å². The molecule has 2 bridgehead atoms. The number of thiophene rings is 1. The molecule has 0 saturated carbocycles. The molecule has 1 fully saturated rings. The van der Waals surface area contributed by atoms with Crippen molar-refractivity contribution < 1.29 is 4.84 Å². The van der Waals surface area contributed by atoms with Crippen molar-refractivity contribution in [3.63, 3.8) is 0 Å². The van der Waals surface area contributed by atoms with Crippen LogP contribution in [-0.4, -0.2) is 6.10 Å². The van der Waals surface area contributed by atoms with Crippen molar-refractivity contribution in [3.05, 3.63) is 63.8 Å². The number of nitrogens with zero attached hydrogens (tertiary/aromatic N) is 1. The highest BCUT2D eigenvalue weighted by molar-refractivity contribution is 7.10. The quantitative estimate of drug-likeness (QED) is 0.626. The molecule has 1 aromatic heterocycles. The Labute approximate surface area is 133 Å². The summed E-state index contributed by atoms with van der Waals surface area (Å²) in [6.07, 6.45) is 2.43. The van der Waals surface area contributed by atoms with Crippen molar-refractivity contribution in [2.75, 3.05) is 5.06 Å². The Morgan fingerprint density at radius 3 is 2.91 bits per heavy atom. The molecule has 2 aromatic carbocycles. The molecule has 22 heavy (non-hydrogen) atoms. The van der Waals surface area contributed by atoms with Crippen molar-refractivity contribution in [1.29, 1.82) is 0 Å². The van der Waals surface area contributed by atoms with Crippen LogP contribution < -0.4 is 5.06 Å². The number of benzene rings is 2. The third-order valence-electron chi connectivity index (χ3n) is 4.89. The van der Waals surface area contributed by atoms with Gasteiger partial charge in [0.15, 0.2) is 0 Å². The van der Waals surface area contributed by atoms with E-state index in [0.717, 1.165) is 12.8 Å². The van der Waals surface area contributed by atoms with Crippen LogP contribution in [0.25, 0.3) is 10.8 Å². The maximum Gasteiger partial charge on any atom is 0.0936 e. The molecule has 0 aliphatic carbocycles. The Kier molecular flexibility index (Phi) is 2.64. The maximum absolute atomic E-state index is 6.26. The summed E-state index contributed by atoms with van der Waals surface area (Å²) in [5, 5.41) is 6.99. The van der Waals surface area contributed by atoms with Gasteiger partial charge in [0.2, 0.25) is 0 Å². The summed E-state index contributed by atoms with van der Waals surface area (Å²) in [6, 6.07) is 15.7. The van der Waals surface area contributed by atoms with E-state index in [1.807, 2.05) is 11.3 Å². The molecule has 0 amide bonds. The lowest BCUT2D eigenvalue weighted by Crippen LogP contribution is -2.27. The fourth-order valence-corrected chi connectivity index (χ4v) is 4.88. The Morgan fingerprint density at radius 2 is 2.05 bits per heavy atom. The molecule has 0 spiro atoms. The van der Waals surface area contributed by atoms with Crippen LogP contribution >= 0.6 is 11.3 Å².